The Morgan fingerprint density at radius 1 is 1.07 bits per heavy atom. The summed E-state index contributed by atoms with van der Waals surface area (Å²) in [6.45, 7) is 12.5. The summed E-state index contributed by atoms with van der Waals surface area (Å²) in [6, 6.07) is 15.3. The van der Waals surface area contributed by atoms with Crippen LogP contribution in [0.25, 0.3) is 51.1 Å². The van der Waals surface area contributed by atoms with Gasteiger partial charge >= 0.3 is 0 Å². The van der Waals surface area contributed by atoms with Gasteiger partial charge in [0.25, 0.3) is 0 Å². The van der Waals surface area contributed by atoms with Crippen LogP contribution >= 0.6 is 0 Å². The second-order valence-corrected chi connectivity index (χ2v) is 10.9. The maximum atomic E-state index is 14.2. The summed E-state index contributed by atoms with van der Waals surface area (Å²) < 4.78 is 14.2. The number of hydrogen-bond acceptors (Lipinski definition) is 3. The summed E-state index contributed by atoms with van der Waals surface area (Å²) in [7, 11) is 0. The molecule has 1 aliphatic carbocycles. The lowest BCUT2D eigenvalue weighted by molar-refractivity contribution is 0.627. The fourth-order valence-corrected chi connectivity index (χ4v) is 5.87. The Hall–Kier alpha value is -4.71. The van der Waals surface area contributed by atoms with E-state index in [9.17, 15) is 4.39 Å². The van der Waals surface area contributed by atoms with Gasteiger partial charge < -0.3 is 10.3 Å². The van der Waals surface area contributed by atoms with E-state index in [4.69, 9.17) is 0 Å². The van der Waals surface area contributed by atoms with Crippen LogP contribution in [0.5, 0.6) is 0 Å². The van der Waals surface area contributed by atoms with E-state index in [1.807, 2.05) is 62.7 Å². The standard InChI is InChI=1S/C35H34FN5/c1-5-32-31(15-22(3)26-17-28(20-37-19-26)38-23(4)24-9-6-7-10-24)35(41-40-32)34-18-30-29(11-8-12-33(30)39-34)25-13-21(2)14-27(36)16-25/h5,8,11-20,24,38-40H,3-4,6-7,9-10H2,1-2H3/b31-15+,32-5+. The topological polar surface area (TPSA) is 69.4 Å². The summed E-state index contributed by atoms with van der Waals surface area (Å²) in [5, 5.41) is 14.2. The summed E-state index contributed by atoms with van der Waals surface area (Å²) >= 11 is 0. The first-order valence-electron chi connectivity index (χ1n) is 14.1. The van der Waals surface area contributed by atoms with Crippen LogP contribution in [0.4, 0.5) is 10.1 Å². The first kappa shape index (κ1) is 26.5. The number of aromatic amines is 2. The number of fused-ring (bicyclic) bond motifs is 1. The van der Waals surface area contributed by atoms with Gasteiger partial charge in [-0.2, -0.15) is 5.10 Å². The van der Waals surface area contributed by atoms with E-state index < -0.39 is 0 Å². The fourth-order valence-electron chi connectivity index (χ4n) is 5.87. The van der Waals surface area contributed by atoms with Gasteiger partial charge in [-0.1, -0.05) is 50.3 Å². The van der Waals surface area contributed by atoms with Gasteiger partial charge in [0.05, 0.1) is 22.9 Å². The molecule has 0 unspecified atom stereocenters. The van der Waals surface area contributed by atoms with Crippen LogP contribution in [0, 0.1) is 18.7 Å². The van der Waals surface area contributed by atoms with Crippen LogP contribution in [0.15, 0.2) is 79.8 Å². The molecule has 1 aliphatic rings. The zero-order valence-corrected chi connectivity index (χ0v) is 23.5. The summed E-state index contributed by atoms with van der Waals surface area (Å²) in [4.78, 5) is 8.00. The highest BCUT2D eigenvalue weighted by molar-refractivity contribution is 5.98. The van der Waals surface area contributed by atoms with Crippen LogP contribution in [0.3, 0.4) is 0 Å². The number of nitrogens with zero attached hydrogens (tertiary/aromatic N) is 2. The smallest absolute Gasteiger partial charge is 0.124 e. The molecule has 0 radical (unpaired) electrons. The van der Waals surface area contributed by atoms with Gasteiger partial charge in [-0.25, -0.2) is 4.39 Å². The molecule has 5 aromatic rings. The molecule has 206 valence electrons. The second kappa shape index (κ2) is 11.0. The molecule has 3 aromatic heterocycles. The van der Waals surface area contributed by atoms with E-state index in [1.54, 1.807) is 12.1 Å². The van der Waals surface area contributed by atoms with E-state index in [0.29, 0.717) is 5.92 Å². The summed E-state index contributed by atoms with van der Waals surface area (Å²) in [6.07, 6.45) is 12.6. The normalized spacial score (nSPS) is 14.7. The number of H-pyrrole nitrogens is 2. The highest BCUT2D eigenvalue weighted by atomic mass is 19.1. The Labute approximate surface area is 239 Å². The molecule has 41 heavy (non-hydrogen) atoms. The van der Waals surface area contributed by atoms with Crippen molar-refractivity contribution in [1.29, 1.82) is 0 Å². The molecule has 0 amide bonds. The number of benzene rings is 2. The molecule has 6 rings (SSSR count). The van der Waals surface area contributed by atoms with Crippen molar-refractivity contribution in [3.05, 3.63) is 107 Å². The van der Waals surface area contributed by atoms with E-state index in [-0.39, 0.29) is 5.82 Å². The molecule has 3 N–H and O–H groups in total. The van der Waals surface area contributed by atoms with Gasteiger partial charge in [0.15, 0.2) is 0 Å². The highest BCUT2D eigenvalue weighted by Gasteiger charge is 2.18. The van der Waals surface area contributed by atoms with Crippen LogP contribution in [0.2, 0.25) is 0 Å². The number of halogens is 1. The fraction of sp³-hybridized carbons (Fsp3) is 0.200. The molecule has 0 bridgehead atoms. The Morgan fingerprint density at radius 2 is 1.90 bits per heavy atom. The highest BCUT2D eigenvalue weighted by Crippen LogP contribution is 2.33. The Balaban J connectivity index is 1.37. The zero-order valence-electron chi connectivity index (χ0n) is 23.5. The molecular formula is C35H34FN5. The number of pyridine rings is 1. The Kier molecular flexibility index (Phi) is 7.14. The molecule has 0 aliphatic heterocycles. The molecule has 0 spiro atoms. The Bertz CT molecular complexity index is 1880. The predicted octanol–water partition coefficient (Wildman–Crippen LogP) is 7.48. The number of allylic oxidation sites excluding steroid dienone is 2. The molecule has 1 saturated carbocycles. The third-order valence-corrected chi connectivity index (χ3v) is 7.97. The molecule has 5 nitrogen and oxygen atoms in total. The van der Waals surface area contributed by atoms with E-state index in [0.717, 1.165) is 72.1 Å². The van der Waals surface area contributed by atoms with Crippen molar-refractivity contribution in [2.45, 2.75) is 39.5 Å². The predicted molar refractivity (Wildman–Crippen MR) is 168 cm³/mol. The Morgan fingerprint density at radius 3 is 2.68 bits per heavy atom. The van der Waals surface area contributed by atoms with Gasteiger partial charge in [0.2, 0.25) is 0 Å². The van der Waals surface area contributed by atoms with Crippen LogP contribution in [0.1, 0.15) is 43.7 Å². The van der Waals surface area contributed by atoms with Gasteiger partial charge in [-0.05, 0) is 91.3 Å². The molecule has 1 fully saturated rings. The number of rotatable bonds is 7. The quantitative estimate of drug-likeness (QED) is 0.199. The molecule has 6 heteroatoms. The molecular weight excluding hydrogens is 509 g/mol. The van der Waals surface area contributed by atoms with Crippen molar-refractivity contribution in [2.75, 3.05) is 5.32 Å². The van der Waals surface area contributed by atoms with Crippen LogP contribution in [-0.2, 0) is 0 Å². The average Bonchev–Trinajstić information content (AvgIpc) is 3.72. The minimum atomic E-state index is -0.241. The summed E-state index contributed by atoms with van der Waals surface area (Å²) in [5.74, 6) is 0.279. The van der Waals surface area contributed by atoms with Crippen molar-refractivity contribution in [1.82, 2.24) is 20.2 Å². The number of anilines is 1. The lowest BCUT2D eigenvalue weighted by Gasteiger charge is -2.16. The van der Waals surface area contributed by atoms with E-state index in [1.165, 1.54) is 25.7 Å². The maximum Gasteiger partial charge on any atom is 0.124 e. The average molecular weight is 544 g/mol. The molecule has 0 atom stereocenters. The van der Waals surface area contributed by atoms with Crippen molar-refractivity contribution < 1.29 is 4.39 Å². The van der Waals surface area contributed by atoms with Crippen LogP contribution < -0.4 is 15.9 Å². The third kappa shape index (κ3) is 5.38. The third-order valence-electron chi connectivity index (χ3n) is 7.97. The minimum Gasteiger partial charge on any atom is -0.358 e. The first-order valence-corrected chi connectivity index (χ1v) is 14.1. The number of aromatic nitrogens is 4. The maximum absolute atomic E-state index is 14.2. The van der Waals surface area contributed by atoms with Gasteiger partial charge in [-0.3, -0.25) is 10.1 Å². The number of aryl methyl sites for hydroxylation is 1. The minimum absolute atomic E-state index is 0.241. The van der Waals surface area contributed by atoms with Gasteiger partial charge in [-0.15, -0.1) is 0 Å². The zero-order chi connectivity index (χ0) is 28.5. The second-order valence-electron chi connectivity index (χ2n) is 10.9. The SMILES string of the molecule is C=C(/C=c1/c(-c2cc3c(-c4cc(C)cc(F)c4)cccc3[nH]2)n[nH]/c1=C/C)c1cncc(NC(=C)C2CCCC2)c1. The van der Waals surface area contributed by atoms with Crippen LogP contribution in [-0.4, -0.2) is 20.2 Å². The van der Waals surface area contributed by atoms with E-state index in [2.05, 4.69) is 50.8 Å². The lowest BCUT2D eigenvalue weighted by atomic mass is 9.99. The van der Waals surface area contributed by atoms with Gasteiger partial charge in [0.1, 0.15) is 11.5 Å². The molecule has 0 saturated heterocycles. The number of hydrogen-bond donors (Lipinski definition) is 3. The summed E-state index contributed by atoms with van der Waals surface area (Å²) in [5.41, 5.74) is 9.03. The largest absolute Gasteiger partial charge is 0.358 e. The number of nitrogens with one attached hydrogen (secondary N) is 3. The van der Waals surface area contributed by atoms with Crippen molar-refractivity contribution >= 4 is 34.3 Å². The van der Waals surface area contributed by atoms with Crippen molar-refractivity contribution in [2.24, 2.45) is 5.92 Å². The monoisotopic (exact) mass is 543 g/mol. The van der Waals surface area contributed by atoms with Crippen molar-refractivity contribution in [3.63, 3.8) is 0 Å². The van der Waals surface area contributed by atoms with Crippen molar-refractivity contribution in [3.8, 4) is 22.5 Å². The molecule has 3 heterocycles. The first-order chi connectivity index (χ1) is 19.9. The molecule has 2 aromatic carbocycles. The lowest BCUT2D eigenvalue weighted by Crippen LogP contribution is -2.23. The van der Waals surface area contributed by atoms with E-state index >= 15 is 0 Å². The van der Waals surface area contributed by atoms with Gasteiger partial charge in [0, 0.05) is 33.6 Å².